The Morgan fingerprint density at radius 3 is 2.49 bits per heavy atom. The average Bonchev–Trinajstić information content (AvgIpc) is 2.89. The third-order valence-electron chi connectivity index (χ3n) is 6.40. The summed E-state index contributed by atoms with van der Waals surface area (Å²) in [5.74, 6) is -0.242. The smallest absolute Gasteiger partial charge is 0.306 e. The van der Waals surface area contributed by atoms with Crippen LogP contribution in [-0.2, 0) is 32.1 Å². The maximum Gasteiger partial charge on any atom is 0.306 e. The second-order valence-electron chi connectivity index (χ2n) is 8.86. The van der Waals surface area contributed by atoms with Crippen molar-refractivity contribution in [3.05, 3.63) is 76.7 Å². The Labute approximate surface area is 215 Å². The fourth-order valence-corrected chi connectivity index (χ4v) is 4.41. The molecule has 37 heavy (non-hydrogen) atoms. The number of nitrogens with zero attached hydrogens (tertiary/aromatic N) is 3. The molecule has 0 bridgehead atoms. The lowest BCUT2D eigenvalue weighted by molar-refractivity contribution is -0.150. The van der Waals surface area contributed by atoms with Crippen molar-refractivity contribution in [2.75, 3.05) is 23.4 Å². The van der Waals surface area contributed by atoms with Gasteiger partial charge in [0.15, 0.2) is 0 Å². The van der Waals surface area contributed by atoms with Gasteiger partial charge < -0.3 is 19.7 Å². The molecule has 0 amide bonds. The predicted molar refractivity (Wildman–Crippen MR) is 138 cm³/mol. The lowest BCUT2D eigenvalue weighted by Crippen LogP contribution is -2.35. The van der Waals surface area contributed by atoms with E-state index < -0.39 is 11.9 Å². The third-order valence-corrected chi connectivity index (χ3v) is 6.40. The van der Waals surface area contributed by atoms with Crippen LogP contribution in [0.4, 0.5) is 21.8 Å². The van der Waals surface area contributed by atoms with E-state index in [1.807, 2.05) is 13.0 Å². The molecule has 1 unspecified atom stereocenters. The first kappa shape index (κ1) is 26.1. The molecule has 194 valence electrons. The van der Waals surface area contributed by atoms with Crippen LogP contribution in [0.5, 0.6) is 0 Å². The molecule has 0 saturated heterocycles. The van der Waals surface area contributed by atoms with Gasteiger partial charge in [-0.15, -0.1) is 0 Å². The van der Waals surface area contributed by atoms with Crippen molar-refractivity contribution >= 4 is 29.4 Å². The SMILES string of the molecule is CCOC(=O)CCC(=O)OCc1nc(Nc2ccc(F)cc2)nc(N2CCc3ccccc3C2C)c1C. The zero-order valence-corrected chi connectivity index (χ0v) is 21.3. The Hall–Kier alpha value is -4.01. The molecule has 2 heterocycles. The highest BCUT2D eigenvalue weighted by Crippen LogP contribution is 2.35. The molecule has 1 aliphatic heterocycles. The predicted octanol–water partition coefficient (Wildman–Crippen LogP) is 5.18. The lowest BCUT2D eigenvalue weighted by atomic mass is 9.93. The van der Waals surface area contributed by atoms with Crippen LogP contribution in [0.3, 0.4) is 0 Å². The second-order valence-corrected chi connectivity index (χ2v) is 8.86. The lowest BCUT2D eigenvalue weighted by Gasteiger charge is -2.37. The summed E-state index contributed by atoms with van der Waals surface area (Å²) in [6, 6.07) is 14.4. The van der Waals surface area contributed by atoms with Crippen LogP contribution < -0.4 is 10.2 Å². The first-order chi connectivity index (χ1) is 17.9. The summed E-state index contributed by atoms with van der Waals surface area (Å²) in [7, 11) is 0. The van der Waals surface area contributed by atoms with E-state index in [4.69, 9.17) is 14.5 Å². The number of ether oxygens (including phenoxy) is 2. The molecule has 0 saturated carbocycles. The molecule has 9 heteroatoms. The van der Waals surface area contributed by atoms with Crippen molar-refractivity contribution in [1.82, 2.24) is 9.97 Å². The normalized spacial score (nSPS) is 14.6. The van der Waals surface area contributed by atoms with Crippen molar-refractivity contribution < 1.29 is 23.5 Å². The maximum absolute atomic E-state index is 13.4. The quantitative estimate of drug-likeness (QED) is 0.397. The largest absolute Gasteiger partial charge is 0.466 e. The standard InChI is InChI=1S/C28H31FN4O4/c1-4-36-25(34)13-14-26(35)37-17-24-18(2)27(32-28(31-24)30-22-11-9-21(29)10-12-22)33-16-15-20-7-5-6-8-23(20)19(33)3/h5-12,19H,4,13-17H2,1-3H3,(H,30,31,32). The number of aromatic nitrogens is 2. The maximum atomic E-state index is 13.4. The third kappa shape index (κ3) is 6.41. The number of anilines is 3. The Balaban J connectivity index is 1.59. The van der Waals surface area contributed by atoms with Gasteiger partial charge in [0.1, 0.15) is 18.2 Å². The van der Waals surface area contributed by atoms with E-state index >= 15 is 0 Å². The molecule has 1 aliphatic rings. The molecule has 2 aromatic carbocycles. The summed E-state index contributed by atoms with van der Waals surface area (Å²) in [6.07, 6.45) is 0.766. The van der Waals surface area contributed by atoms with Gasteiger partial charge in [-0.05, 0) is 62.6 Å². The van der Waals surface area contributed by atoms with Crippen LogP contribution in [0.25, 0.3) is 0 Å². The number of fused-ring (bicyclic) bond motifs is 1. The number of hydrogen-bond donors (Lipinski definition) is 1. The monoisotopic (exact) mass is 506 g/mol. The van der Waals surface area contributed by atoms with Crippen LogP contribution >= 0.6 is 0 Å². The summed E-state index contributed by atoms with van der Waals surface area (Å²) in [5.41, 5.74) is 4.54. The van der Waals surface area contributed by atoms with Gasteiger partial charge in [-0.3, -0.25) is 9.59 Å². The summed E-state index contributed by atoms with van der Waals surface area (Å²) < 4.78 is 23.7. The molecular weight excluding hydrogens is 475 g/mol. The van der Waals surface area contributed by atoms with E-state index in [2.05, 4.69) is 40.3 Å². The van der Waals surface area contributed by atoms with Gasteiger partial charge in [0.2, 0.25) is 5.95 Å². The molecule has 3 aromatic rings. The summed E-state index contributed by atoms with van der Waals surface area (Å²) in [6.45, 7) is 6.73. The summed E-state index contributed by atoms with van der Waals surface area (Å²) >= 11 is 0. The van der Waals surface area contributed by atoms with Crippen molar-refractivity contribution in [3.8, 4) is 0 Å². The summed E-state index contributed by atoms with van der Waals surface area (Å²) in [4.78, 5) is 35.5. The molecule has 1 atom stereocenters. The molecule has 0 aliphatic carbocycles. The van der Waals surface area contributed by atoms with E-state index in [1.54, 1.807) is 19.1 Å². The average molecular weight is 507 g/mol. The molecule has 0 fully saturated rings. The number of halogens is 1. The fraction of sp³-hybridized carbons (Fsp3) is 0.357. The highest BCUT2D eigenvalue weighted by molar-refractivity contribution is 5.77. The van der Waals surface area contributed by atoms with Gasteiger partial charge in [-0.25, -0.2) is 9.37 Å². The van der Waals surface area contributed by atoms with Gasteiger partial charge in [0.05, 0.1) is 31.2 Å². The molecule has 8 nitrogen and oxygen atoms in total. The molecule has 0 spiro atoms. The van der Waals surface area contributed by atoms with Crippen LogP contribution in [0, 0.1) is 12.7 Å². The molecule has 1 aromatic heterocycles. The first-order valence-electron chi connectivity index (χ1n) is 12.4. The zero-order chi connectivity index (χ0) is 26.4. The van der Waals surface area contributed by atoms with E-state index in [0.29, 0.717) is 17.3 Å². The van der Waals surface area contributed by atoms with E-state index in [-0.39, 0.29) is 37.9 Å². The highest BCUT2D eigenvalue weighted by atomic mass is 19.1. The minimum Gasteiger partial charge on any atom is -0.466 e. The number of rotatable bonds is 9. The van der Waals surface area contributed by atoms with E-state index in [1.165, 1.54) is 23.3 Å². The second kappa shape index (κ2) is 11.8. The summed E-state index contributed by atoms with van der Waals surface area (Å²) in [5, 5.41) is 3.14. The molecule has 0 radical (unpaired) electrons. The molecule has 1 N–H and O–H groups in total. The van der Waals surface area contributed by atoms with Crippen LogP contribution in [0.15, 0.2) is 48.5 Å². The number of benzene rings is 2. The van der Waals surface area contributed by atoms with Gasteiger partial charge in [0.25, 0.3) is 0 Å². The van der Waals surface area contributed by atoms with Crippen molar-refractivity contribution in [1.29, 1.82) is 0 Å². The van der Waals surface area contributed by atoms with Crippen molar-refractivity contribution in [3.63, 3.8) is 0 Å². The fourth-order valence-electron chi connectivity index (χ4n) is 4.41. The first-order valence-corrected chi connectivity index (χ1v) is 12.4. The Kier molecular flexibility index (Phi) is 8.32. The zero-order valence-electron chi connectivity index (χ0n) is 21.3. The minimum absolute atomic E-state index is 0.0389. The number of carbonyl (C=O) groups excluding carboxylic acids is 2. The van der Waals surface area contributed by atoms with E-state index in [9.17, 15) is 14.0 Å². The number of nitrogens with one attached hydrogen (secondary N) is 1. The Bertz CT molecular complexity index is 1270. The Morgan fingerprint density at radius 2 is 1.76 bits per heavy atom. The Morgan fingerprint density at radius 1 is 1.05 bits per heavy atom. The topological polar surface area (TPSA) is 93.7 Å². The van der Waals surface area contributed by atoms with Crippen LogP contribution in [0.1, 0.15) is 55.1 Å². The van der Waals surface area contributed by atoms with Crippen molar-refractivity contribution in [2.45, 2.75) is 52.7 Å². The van der Waals surface area contributed by atoms with Crippen LogP contribution in [-0.4, -0.2) is 35.1 Å². The van der Waals surface area contributed by atoms with Gasteiger partial charge in [0, 0.05) is 17.8 Å². The van der Waals surface area contributed by atoms with E-state index in [0.717, 1.165) is 24.3 Å². The van der Waals surface area contributed by atoms with Gasteiger partial charge in [-0.1, -0.05) is 24.3 Å². The number of esters is 2. The molecule has 4 rings (SSSR count). The number of carbonyl (C=O) groups is 2. The van der Waals surface area contributed by atoms with Gasteiger partial charge in [-0.2, -0.15) is 4.98 Å². The van der Waals surface area contributed by atoms with Gasteiger partial charge >= 0.3 is 11.9 Å². The minimum atomic E-state index is -0.513. The molecular formula is C28H31FN4O4. The highest BCUT2D eigenvalue weighted by Gasteiger charge is 2.27. The van der Waals surface area contributed by atoms with Crippen LogP contribution in [0.2, 0.25) is 0 Å². The number of hydrogen-bond acceptors (Lipinski definition) is 8. The van der Waals surface area contributed by atoms with Crippen molar-refractivity contribution in [2.24, 2.45) is 0 Å².